The SMILES string of the molecule is CCCC(C)C(O)C(CN)c1ccccc1Cl. The van der Waals surface area contributed by atoms with Crippen molar-refractivity contribution in [3.8, 4) is 0 Å². The number of hydrogen-bond donors (Lipinski definition) is 2. The van der Waals surface area contributed by atoms with Gasteiger partial charge in [-0.15, -0.1) is 0 Å². The Labute approximate surface area is 109 Å². The first-order valence-corrected chi connectivity index (χ1v) is 6.62. The van der Waals surface area contributed by atoms with E-state index in [0.717, 1.165) is 18.4 Å². The third-order valence-corrected chi connectivity index (χ3v) is 3.64. The predicted molar refractivity (Wildman–Crippen MR) is 73.3 cm³/mol. The van der Waals surface area contributed by atoms with E-state index in [0.29, 0.717) is 11.6 Å². The molecule has 17 heavy (non-hydrogen) atoms. The van der Waals surface area contributed by atoms with Crippen LogP contribution in [0.2, 0.25) is 5.02 Å². The zero-order valence-electron chi connectivity index (χ0n) is 10.6. The number of aliphatic hydroxyl groups is 1. The standard InChI is InChI=1S/C14H22ClNO/c1-3-6-10(2)14(17)12(9-16)11-7-4-5-8-13(11)15/h4-5,7-8,10,12,14,17H,3,6,9,16H2,1-2H3. The van der Waals surface area contributed by atoms with Gasteiger partial charge in [0.25, 0.3) is 0 Å². The highest BCUT2D eigenvalue weighted by molar-refractivity contribution is 6.31. The van der Waals surface area contributed by atoms with Crippen LogP contribution in [0.3, 0.4) is 0 Å². The molecule has 0 fully saturated rings. The van der Waals surface area contributed by atoms with Crippen LogP contribution in [-0.4, -0.2) is 17.8 Å². The Hall–Kier alpha value is -0.570. The maximum atomic E-state index is 10.3. The topological polar surface area (TPSA) is 46.2 Å². The van der Waals surface area contributed by atoms with Gasteiger partial charge < -0.3 is 10.8 Å². The minimum atomic E-state index is -0.431. The van der Waals surface area contributed by atoms with Crippen LogP contribution in [0.15, 0.2) is 24.3 Å². The fourth-order valence-electron chi connectivity index (χ4n) is 2.25. The summed E-state index contributed by atoms with van der Waals surface area (Å²) in [4.78, 5) is 0. The molecule has 0 saturated carbocycles. The molecule has 0 amide bonds. The third kappa shape index (κ3) is 3.70. The van der Waals surface area contributed by atoms with Crippen molar-refractivity contribution < 1.29 is 5.11 Å². The summed E-state index contributed by atoms with van der Waals surface area (Å²) < 4.78 is 0. The zero-order chi connectivity index (χ0) is 12.8. The molecule has 0 radical (unpaired) electrons. The van der Waals surface area contributed by atoms with Gasteiger partial charge >= 0.3 is 0 Å². The highest BCUT2D eigenvalue weighted by Crippen LogP contribution is 2.30. The molecule has 1 aromatic rings. The molecule has 0 spiro atoms. The maximum absolute atomic E-state index is 10.3. The van der Waals surface area contributed by atoms with Crippen molar-refractivity contribution in [2.75, 3.05) is 6.54 Å². The number of aliphatic hydroxyl groups excluding tert-OH is 1. The van der Waals surface area contributed by atoms with E-state index >= 15 is 0 Å². The third-order valence-electron chi connectivity index (χ3n) is 3.30. The maximum Gasteiger partial charge on any atom is 0.0646 e. The van der Waals surface area contributed by atoms with Gasteiger partial charge in [-0.25, -0.2) is 0 Å². The van der Waals surface area contributed by atoms with Crippen LogP contribution in [0.5, 0.6) is 0 Å². The minimum Gasteiger partial charge on any atom is -0.392 e. The van der Waals surface area contributed by atoms with E-state index in [4.69, 9.17) is 17.3 Å². The van der Waals surface area contributed by atoms with Crippen molar-refractivity contribution in [2.45, 2.75) is 38.7 Å². The second-order valence-corrected chi connectivity index (χ2v) is 5.03. The van der Waals surface area contributed by atoms with Gasteiger partial charge in [0.05, 0.1) is 6.10 Å². The largest absolute Gasteiger partial charge is 0.392 e. The van der Waals surface area contributed by atoms with Crippen molar-refractivity contribution in [1.82, 2.24) is 0 Å². The van der Waals surface area contributed by atoms with Crippen molar-refractivity contribution in [3.05, 3.63) is 34.9 Å². The molecule has 3 atom stereocenters. The van der Waals surface area contributed by atoms with Crippen molar-refractivity contribution in [2.24, 2.45) is 11.7 Å². The van der Waals surface area contributed by atoms with Crippen LogP contribution in [0.25, 0.3) is 0 Å². The average Bonchev–Trinajstić information content (AvgIpc) is 2.32. The van der Waals surface area contributed by atoms with E-state index in [-0.39, 0.29) is 11.8 Å². The number of nitrogens with two attached hydrogens (primary N) is 1. The summed E-state index contributed by atoms with van der Waals surface area (Å²) in [5.41, 5.74) is 6.74. The summed E-state index contributed by atoms with van der Waals surface area (Å²) in [5, 5.41) is 11.0. The lowest BCUT2D eigenvalue weighted by Crippen LogP contribution is -2.31. The van der Waals surface area contributed by atoms with Gasteiger partial charge in [-0.3, -0.25) is 0 Å². The Bertz CT molecular complexity index is 343. The number of benzene rings is 1. The summed E-state index contributed by atoms with van der Waals surface area (Å²) in [6.07, 6.45) is 1.64. The van der Waals surface area contributed by atoms with Crippen LogP contribution in [0, 0.1) is 5.92 Å². The Morgan fingerprint density at radius 3 is 2.53 bits per heavy atom. The molecule has 2 nitrogen and oxygen atoms in total. The van der Waals surface area contributed by atoms with Crippen molar-refractivity contribution >= 4 is 11.6 Å². The first kappa shape index (κ1) is 14.5. The van der Waals surface area contributed by atoms with Gasteiger partial charge in [0, 0.05) is 17.5 Å². The zero-order valence-corrected chi connectivity index (χ0v) is 11.3. The smallest absolute Gasteiger partial charge is 0.0646 e. The fraction of sp³-hybridized carbons (Fsp3) is 0.571. The molecule has 0 aliphatic heterocycles. The number of hydrogen-bond acceptors (Lipinski definition) is 2. The van der Waals surface area contributed by atoms with Gasteiger partial charge in [-0.05, 0) is 24.0 Å². The molecule has 0 bridgehead atoms. The Morgan fingerprint density at radius 2 is 2.00 bits per heavy atom. The normalized spacial score (nSPS) is 16.5. The molecule has 0 aliphatic carbocycles. The predicted octanol–water partition coefficient (Wildman–Crippen LogP) is 3.18. The quantitative estimate of drug-likeness (QED) is 0.820. The highest BCUT2D eigenvalue weighted by atomic mass is 35.5. The van der Waals surface area contributed by atoms with Crippen molar-refractivity contribution in [3.63, 3.8) is 0 Å². The molecular weight excluding hydrogens is 234 g/mol. The molecule has 96 valence electrons. The van der Waals surface area contributed by atoms with Crippen LogP contribution in [0.4, 0.5) is 0 Å². The highest BCUT2D eigenvalue weighted by Gasteiger charge is 2.25. The lowest BCUT2D eigenvalue weighted by molar-refractivity contribution is 0.0859. The van der Waals surface area contributed by atoms with Crippen LogP contribution >= 0.6 is 11.6 Å². The molecular formula is C14H22ClNO. The van der Waals surface area contributed by atoms with Gasteiger partial charge in [-0.1, -0.05) is 50.1 Å². The van der Waals surface area contributed by atoms with E-state index in [1.54, 1.807) is 0 Å². The van der Waals surface area contributed by atoms with Crippen LogP contribution in [-0.2, 0) is 0 Å². The molecule has 0 aromatic heterocycles. The van der Waals surface area contributed by atoms with E-state index in [1.807, 2.05) is 24.3 Å². The van der Waals surface area contributed by atoms with Crippen molar-refractivity contribution in [1.29, 1.82) is 0 Å². The lowest BCUT2D eigenvalue weighted by atomic mass is 9.84. The summed E-state index contributed by atoms with van der Waals surface area (Å²) in [6, 6.07) is 7.61. The molecule has 0 aliphatic rings. The van der Waals surface area contributed by atoms with Crippen LogP contribution in [0.1, 0.15) is 38.2 Å². The minimum absolute atomic E-state index is 0.0785. The van der Waals surface area contributed by atoms with E-state index in [9.17, 15) is 5.11 Å². The second-order valence-electron chi connectivity index (χ2n) is 4.62. The molecule has 3 N–H and O–H groups in total. The van der Waals surface area contributed by atoms with E-state index < -0.39 is 6.10 Å². The average molecular weight is 256 g/mol. The number of rotatable bonds is 6. The number of halogens is 1. The Morgan fingerprint density at radius 1 is 1.35 bits per heavy atom. The van der Waals surface area contributed by atoms with E-state index in [2.05, 4.69) is 13.8 Å². The fourth-order valence-corrected chi connectivity index (χ4v) is 2.52. The Balaban J connectivity index is 2.88. The lowest BCUT2D eigenvalue weighted by Gasteiger charge is -2.27. The Kier molecular flexibility index (Phi) is 5.96. The summed E-state index contributed by atoms with van der Waals surface area (Å²) in [6.45, 7) is 4.60. The second kappa shape index (κ2) is 7.00. The molecule has 0 heterocycles. The van der Waals surface area contributed by atoms with Gasteiger partial charge in [0.1, 0.15) is 0 Å². The summed E-state index contributed by atoms with van der Waals surface area (Å²) in [7, 11) is 0. The van der Waals surface area contributed by atoms with Gasteiger partial charge in [0.2, 0.25) is 0 Å². The summed E-state index contributed by atoms with van der Waals surface area (Å²) in [5.74, 6) is 0.162. The molecule has 3 unspecified atom stereocenters. The molecule has 3 heteroatoms. The first-order valence-electron chi connectivity index (χ1n) is 6.24. The van der Waals surface area contributed by atoms with E-state index in [1.165, 1.54) is 0 Å². The monoisotopic (exact) mass is 255 g/mol. The first-order chi connectivity index (χ1) is 8.11. The molecule has 1 rings (SSSR count). The van der Waals surface area contributed by atoms with Crippen LogP contribution < -0.4 is 5.73 Å². The molecule has 1 aromatic carbocycles. The van der Waals surface area contributed by atoms with Gasteiger partial charge in [-0.2, -0.15) is 0 Å². The molecule has 0 saturated heterocycles. The van der Waals surface area contributed by atoms with Gasteiger partial charge in [0.15, 0.2) is 0 Å². The summed E-state index contributed by atoms with van der Waals surface area (Å²) >= 11 is 6.16.